The summed E-state index contributed by atoms with van der Waals surface area (Å²) in [6.07, 6.45) is 0.665. The summed E-state index contributed by atoms with van der Waals surface area (Å²) in [5, 5.41) is 8.56. The number of rotatable bonds is 7. The molecule has 0 aliphatic carbocycles. The average Bonchev–Trinajstić information content (AvgIpc) is 2.99. The van der Waals surface area contributed by atoms with E-state index < -0.39 is 5.82 Å². The normalized spacial score (nSPS) is 10.7. The number of aromatic nitrogens is 1. The molecule has 0 saturated heterocycles. The number of carbonyl (C=O) groups is 1. The summed E-state index contributed by atoms with van der Waals surface area (Å²) in [7, 11) is 0. The molecule has 0 fully saturated rings. The second kappa shape index (κ2) is 8.63. The molecule has 0 bridgehead atoms. The van der Waals surface area contributed by atoms with E-state index in [1.165, 1.54) is 18.2 Å². The van der Waals surface area contributed by atoms with Crippen LogP contribution in [0.4, 0.5) is 14.9 Å². The van der Waals surface area contributed by atoms with Gasteiger partial charge in [0.05, 0.1) is 23.0 Å². The van der Waals surface area contributed by atoms with Crippen molar-refractivity contribution < 1.29 is 13.9 Å². The Bertz CT molecular complexity index is 688. The van der Waals surface area contributed by atoms with Gasteiger partial charge in [0, 0.05) is 30.3 Å². The highest BCUT2D eigenvalue weighted by molar-refractivity contribution is 7.09. The van der Waals surface area contributed by atoms with Gasteiger partial charge in [0.1, 0.15) is 11.6 Å². The first-order valence-electron chi connectivity index (χ1n) is 7.91. The van der Waals surface area contributed by atoms with E-state index >= 15 is 0 Å². The molecule has 7 heteroatoms. The van der Waals surface area contributed by atoms with Crippen LogP contribution in [0.1, 0.15) is 37.4 Å². The van der Waals surface area contributed by atoms with E-state index in [0.717, 1.165) is 10.7 Å². The van der Waals surface area contributed by atoms with Crippen molar-refractivity contribution in [2.24, 2.45) is 0 Å². The Hall–Kier alpha value is -2.15. The van der Waals surface area contributed by atoms with Crippen LogP contribution >= 0.6 is 11.3 Å². The number of thiazole rings is 1. The van der Waals surface area contributed by atoms with Gasteiger partial charge in [0.15, 0.2) is 0 Å². The van der Waals surface area contributed by atoms with Crippen molar-refractivity contribution in [3.8, 4) is 5.75 Å². The molecule has 2 amide bonds. The number of nitrogens with zero attached hydrogens (tertiary/aromatic N) is 1. The highest BCUT2D eigenvalue weighted by Gasteiger charge is 2.10. The van der Waals surface area contributed by atoms with E-state index in [0.29, 0.717) is 36.9 Å². The first kappa shape index (κ1) is 18.2. The maximum atomic E-state index is 13.2. The van der Waals surface area contributed by atoms with Gasteiger partial charge in [-0.3, -0.25) is 0 Å². The second-order valence-corrected chi connectivity index (χ2v) is 6.43. The molecule has 0 unspecified atom stereocenters. The van der Waals surface area contributed by atoms with Crippen molar-refractivity contribution in [3.05, 3.63) is 40.1 Å². The molecule has 0 aliphatic rings. The van der Waals surface area contributed by atoms with E-state index in [9.17, 15) is 9.18 Å². The van der Waals surface area contributed by atoms with Crippen molar-refractivity contribution >= 4 is 23.1 Å². The van der Waals surface area contributed by atoms with Crippen LogP contribution in [0.15, 0.2) is 23.6 Å². The number of amides is 2. The van der Waals surface area contributed by atoms with Gasteiger partial charge in [-0.1, -0.05) is 13.8 Å². The highest BCUT2D eigenvalue weighted by atomic mass is 32.1. The maximum Gasteiger partial charge on any atom is 0.319 e. The molecule has 2 N–H and O–H groups in total. The second-order valence-electron chi connectivity index (χ2n) is 5.54. The number of halogens is 1. The van der Waals surface area contributed by atoms with Crippen molar-refractivity contribution in [2.75, 3.05) is 18.5 Å². The van der Waals surface area contributed by atoms with Gasteiger partial charge in [-0.05, 0) is 19.1 Å². The third kappa shape index (κ3) is 5.19. The van der Waals surface area contributed by atoms with Crippen LogP contribution in [-0.2, 0) is 6.42 Å². The topological polar surface area (TPSA) is 63.2 Å². The van der Waals surface area contributed by atoms with Gasteiger partial charge in [0.2, 0.25) is 0 Å². The Kier molecular flexibility index (Phi) is 6.54. The first-order valence-corrected chi connectivity index (χ1v) is 8.79. The summed E-state index contributed by atoms with van der Waals surface area (Å²) in [5.41, 5.74) is 1.41. The Labute approximate surface area is 145 Å². The molecule has 1 aromatic heterocycles. The van der Waals surface area contributed by atoms with Gasteiger partial charge < -0.3 is 15.4 Å². The number of ether oxygens (including phenoxy) is 1. The lowest BCUT2D eigenvalue weighted by Gasteiger charge is -2.12. The average molecular weight is 351 g/mol. The van der Waals surface area contributed by atoms with Crippen LogP contribution in [0.25, 0.3) is 0 Å². The summed E-state index contributed by atoms with van der Waals surface area (Å²) in [6.45, 7) is 6.87. The molecular weight excluding hydrogens is 329 g/mol. The summed E-state index contributed by atoms with van der Waals surface area (Å²) in [6, 6.07) is 3.65. The van der Waals surface area contributed by atoms with Crippen LogP contribution in [-0.4, -0.2) is 24.2 Å². The number of anilines is 1. The minimum atomic E-state index is -0.408. The summed E-state index contributed by atoms with van der Waals surface area (Å²) < 4.78 is 18.6. The van der Waals surface area contributed by atoms with Crippen molar-refractivity contribution in [1.29, 1.82) is 0 Å². The van der Waals surface area contributed by atoms with Gasteiger partial charge in [-0.15, -0.1) is 11.3 Å². The molecule has 0 radical (unpaired) electrons. The Morgan fingerprint density at radius 2 is 2.21 bits per heavy atom. The van der Waals surface area contributed by atoms with E-state index in [-0.39, 0.29) is 6.03 Å². The fourth-order valence-corrected chi connectivity index (χ4v) is 2.92. The predicted molar refractivity (Wildman–Crippen MR) is 94.5 cm³/mol. The monoisotopic (exact) mass is 351 g/mol. The predicted octanol–water partition coefficient (Wildman–Crippen LogP) is 4.17. The van der Waals surface area contributed by atoms with Crippen molar-refractivity contribution in [3.63, 3.8) is 0 Å². The minimum absolute atomic E-state index is 0.314. The van der Waals surface area contributed by atoms with Crippen molar-refractivity contribution in [2.45, 2.75) is 33.1 Å². The number of hydrogen-bond donors (Lipinski definition) is 2. The lowest BCUT2D eigenvalue weighted by molar-refractivity contribution is 0.252. The van der Waals surface area contributed by atoms with Crippen LogP contribution in [0, 0.1) is 5.82 Å². The third-order valence-electron chi connectivity index (χ3n) is 3.22. The lowest BCUT2D eigenvalue weighted by Crippen LogP contribution is -2.30. The summed E-state index contributed by atoms with van der Waals surface area (Å²) in [5.74, 6) is 0.318. The number of carbonyl (C=O) groups excluding carboxylic acids is 1. The zero-order valence-electron chi connectivity index (χ0n) is 14.1. The zero-order valence-corrected chi connectivity index (χ0v) is 14.9. The first-order chi connectivity index (χ1) is 11.5. The molecule has 5 nitrogen and oxygen atoms in total. The largest absolute Gasteiger partial charge is 0.492 e. The maximum absolute atomic E-state index is 13.2. The van der Waals surface area contributed by atoms with Crippen molar-refractivity contribution in [1.82, 2.24) is 10.3 Å². The zero-order chi connectivity index (χ0) is 17.5. The molecule has 0 atom stereocenters. The van der Waals surface area contributed by atoms with Crippen LogP contribution in [0.2, 0.25) is 0 Å². The van der Waals surface area contributed by atoms with Crippen LogP contribution in [0.3, 0.4) is 0 Å². The molecule has 130 valence electrons. The van der Waals surface area contributed by atoms with Crippen LogP contribution < -0.4 is 15.4 Å². The molecule has 1 aromatic carbocycles. The fraction of sp³-hybridized carbons (Fsp3) is 0.412. The van der Waals surface area contributed by atoms with Crippen LogP contribution in [0.5, 0.6) is 5.75 Å². The fourth-order valence-electron chi connectivity index (χ4n) is 2.05. The Balaban J connectivity index is 1.85. The molecule has 2 aromatic rings. The summed E-state index contributed by atoms with van der Waals surface area (Å²) in [4.78, 5) is 16.5. The molecular formula is C17H22FN3O2S. The molecule has 2 rings (SSSR count). The quantitative estimate of drug-likeness (QED) is 0.787. The molecule has 24 heavy (non-hydrogen) atoms. The Morgan fingerprint density at radius 1 is 1.42 bits per heavy atom. The van der Waals surface area contributed by atoms with E-state index in [1.807, 2.05) is 5.38 Å². The van der Waals surface area contributed by atoms with Gasteiger partial charge in [-0.25, -0.2) is 14.2 Å². The Morgan fingerprint density at radius 3 is 2.88 bits per heavy atom. The summed E-state index contributed by atoms with van der Waals surface area (Å²) >= 11 is 1.64. The molecule has 0 saturated carbocycles. The molecule has 0 spiro atoms. The SMILES string of the molecule is CCOc1cc(F)ccc1NC(=O)NCCc1csc(C(C)C)n1. The highest BCUT2D eigenvalue weighted by Crippen LogP contribution is 2.25. The molecule has 1 heterocycles. The minimum Gasteiger partial charge on any atom is -0.492 e. The lowest BCUT2D eigenvalue weighted by atomic mass is 10.2. The van der Waals surface area contributed by atoms with Gasteiger partial charge in [0.25, 0.3) is 0 Å². The number of hydrogen-bond acceptors (Lipinski definition) is 4. The number of urea groups is 1. The van der Waals surface area contributed by atoms with Gasteiger partial charge >= 0.3 is 6.03 Å². The molecule has 0 aliphatic heterocycles. The third-order valence-corrected chi connectivity index (χ3v) is 4.42. The smallest absolute Gasteiger partial charge is 0.319 e. The van der Waals surface area contributed by atoms with E-state index in [1.54, 1.807) is 18.3 Å². The van der Waals surface area contributed by atoms with E-state index in [2.05, 4.69) is 29.5 Å². The van der Waals surface area contributed by atoms with E-state index in [4.69, 9.17) is 4.74 Å². The van der Waals surface area contributed by atoms with Gasteiger partial charge in [-0.2, -0.15) is 0 Å². The standard InChI is InChI=1S/C17H22FN3O2S/c1-4-23-15-9-12(18)5-6-14(15)21-17(22)19-8-7-13-10-24-16(20-13)11(2)3/h5-6,9-11H,4,7-8H2,1-3H3,(H2,19,21,22). The number of nitrogens with one attached hydrogen (secondary N) is 2. The number of benzene rings is 1.